The summed E-state index contributed by atoms with van der Waals surface area (Å²) < 4.78 is 0. The molecule has 0 aliphatic rings. The summed E-state index contributed by atoms with van der Waals surface area (Å²) in [4.78, 5) is 22.6. The first kappa shape index (κ1) is 18.6. The van der Waals surface area contributed by atoms with Crippen molar-refractivity contribution in [3.05, 3.63) is 75.3 Å². The van der Waals surface area contributed by atoms with Crippen molar-refractivity contribution in [3.63, 3.8) is 0 Å². The molecule has 2 rings (SSSR count). The van der Waals surface area contributed by atoms with E-state index in [0.717, 1.165) is 18.4 Å². The first-order valence-corrected chi connectivity index (χ1v) is 8.42. The van der Waals surface area contributed by atoms with Crippen LogP contribution in [-0.2, 0) is 13.1 Å². The Morgan fingerprint density at radius 1 is 1.08 bits per heavy atom. The molecule has 2 N–H and O–H groups in total. The van der Waals surface area contributed by atoms with E-state index in [4.69, 9.17) is 0 Å². The Morgan fingerprint density at radius 3 is 2.48 bits per heavy atom. The topological polar surface area (TPSA) is 84.3 Å². The number of nitro benzene ring substituents is 1. The third-order valence-corrected chi connectivity index (χ3v) is 3.86. The molecule has 0 radical (unpaired) electrons. The van der Waals surface area contributed by atoms with Crippen molar-refractivity contribution < 1.29 is 9.72 Å². The number of unbranched alkanes of at least 4 members (excludes halogenated alkanes) is 1. The van der Waals surface area contributed by atoms with Crippen LogP contribution in [0.3, 0.4) is 0 Å². The van der Waals surface area contributed by atoms with Crippen LogP contribution in [0.1, 0.15) is 41.3 Å². The highest BCUT2D eigenvalue weighted by Gasteiger charge is 2.11. The molecule has 0 fully saturated rings. The summed E-state index contributed by atoms with van der Waals surface area (Å²) in [7, 11) is 0. The van der Waals surface area contributed by atoms with Gasteiger partial charge in [0.2, 0.25) is 0 Å². The minimum atomic E-state index is -0.372. The highest BCUT2D eigenvalue weighted by molar-refractivity contribution is 5.94. The Hall–Kier alpha value is -2.73. The number of carbonyl (C=O) groups excluding carboxylic acids is 1. The predicted molar refractivity (Wildman–Crippen MR) is 97.3 cm³/mol. The SMILES string of the molecule is CCCCNC(=O)c1ccc(CNCc2ccccc2[N+](=O)[O-])cc1. The van der Waals surface area contributed by atoms with E-state index in [1.165, 1.54) is 6.07 Å². The summed E-state index contributed by atoms with van der Waals surface area (Å²) in [6, 6.07) is 14.1. The smallest absolute Gasteiger partial charge is 0.273 e. The Morgan fingerprint density at radius 2 is 1.80 bits per heavy atom. The van der Waals surface area contributed by atoms with Gasteiger partial charge in [-0.2, -0.15) is 0 Å². The molecule has 0 unspecified atom stereocenters. The summed E-state index contributed by atoms with van der Waals surface area (Å²) >= 11 is 0. The summed E-state index contributed by atoms with van der Waals surface area (Å²) in [5, 5.41) is 17.1. The summed E-state index contributed by atoms with van der Waals surface area (Å²) in [5.74, 6) is -0.0622. The third-order valence-electron chi connectivity index (χ3n) is 3.86. The number of benzene rings is 2. The van der Waals surface area contributed by atoms with Gasteiger partial charge >= 0.3 is 0 Å². The van der Waals surface area contributed by atoms with E-state index in [9.17, 15) is 14.9 Å². The zero-order valence-electron chi connectivity index (χ0n) is 14.3. The molecule has 0 saturated heterocycles. The molecule has 6 nitrogen and oxygen atoms in total. The Labute approximate surface area is 147 Å². The van der Waals surface area contributed by atoms with Gasteiger partial charge in [0.05, 0.1) is 4.92 Å². The number of para-hydroxylation sites is 1. The van der Waals surface area contributed by atoms with E-state index in [0.29, 0.717) is 30.8 Å². The van der Waals surface area contributed by atoms with Crippen LogP contribution in [0.25, 0.3) is 0 Å². The first-order chi connectivity index (χ1) is 12.1. The summed E-state index contributed by atoms with van der Waals surface area (Å²) in [5.41, 5.74) is 2.43. The van der Waals surface area contributed by atoms with Gasteiger partial charge in [0.1, 0.15) is 0 Å². The first-order valence-electron chi connectivity index (χ1n) is 8.42. The van der Waals surface area contributed by atoms with Crippen LogP contribution in [0, 0.1) is 10.1 Å². The second kappa shape index (κ2) is 9.54. The number of nitro groups is 1. The molecule has 0 heterocycles. The van der Waals surface area contributed by atoms with Crippen molar-refractivity contribution in [2.45, 2.75) is 32.9 Å². The largest absolute Gasteiger partial charge is 0.352 e. The van der Waals surface area contributed by atoms with E-state index in [1.54, 1.807) is 30.3 Å². The Bertz CT molecular complexity index is 714. The average molecular weight is 341 g/mol. The monoisotopic (exact) mass is 341 g/mol. The zero-order valence-corrected chi connectivity index (χ0v) is 14.3. The standard InChI is InChI=1S/C19H23N3O3/c1-2-3-12-21-19(23)16-10-8-15(9-11-16)13-20-14-17-6-4-5-7-18(17)22(24)25/h4-11,20H,2-3,12-14H2,1H3,(H,21,23). The van der Waals surface area contributed by atoms with Crippen molar-refractivity contribution in [2.75, 3.05) is 6.54 Å². The van der Waals surface area contributed by atoms with E-state index >= 15 is 0 Å². The molecule has 0 aliphatic carbocycles. The molecule has 0 saturated carbocycles. The number of amides is 1. The van der Waals surface area contributed by atoms with E-state index in [1.807, 2.05) is 12.1 Å². The van der Waals surface area contributed by atoms with Crippen LogP contribution in [0.4, 0.5) is 5.69 Å². The maximum absolute atomic E-state index is 11.9. The lowest BCUT2D eigenvalue weighted by molar-refractivity contribution is -0.385. The van der Waals surface area contributed by atoms with Gasteiger partial charge in [0.25, 0.3) is 11.6 Å². The molecule has 0 aliphatic heterocycles. The molecule has 0 atom stereocenters. The number of rotatable bonds is 9. The quantitative estimate of drug-likeness (QED) is 0.416. The number of nitrogens with one attached hydrogen (secondary N) is 2. The molecular weight excluding hydrogens is 318 g/mol. The highest BCUT2D eigenvalue weighted by Crippen LogP contribution is 2.17. The lowest BCUT2D eigenvalue weighted by Crippen LogP contribution is -2.24. The summed E-state index contributed by atoms with van der Waals surface area (Å²) in [6.07, 6.45) is 2.02. The van der Waals surface area contributed by atoms with E-state index < -0.39 is 0 Å². The van der Waals surface area contributed by atoms with Gasteiger partial charge < -0.3 is 10.6 Å². The molecule has 2 aromatic carbocycles. The van der Waals surface area contributed by atoms with Crippen molar-refractivity contribution >= 4 is 11.6 Å². The van der Waals surface area contributed by atoms with Crippen molar-refractivity contribution in [1.82, 2.24) is 10.6 Å². The molecular formula is C19H23N3O3. The average Bonchev–Trinajstić information content (AvgIpc) is 2.62. The van der Waals surface area contributed by atoms with Crippen LogP contribution in [0.5, 0.6) is 0 Å². The number of carbonyl (C=O) groups is 1. The number of hydrogen-bond acceptors (Lipinski definition) is 4. The Kier molecular flexibility index (Phi) is 7.10. The summed E-state index contributed by atoms with van der Waals surface area (Å²) in [6.45, 7) is 3.76. The molecule has 1 amide bonds. The van der Waals surface area contributed by atoms with Crippen LogP contribution < -0.4 is 10.6 Å². The lowest BCUT2D eigenvalue weighted by atomic mass is 10.1. The fraction of sp³-hybridized carbons (Fsp3) is 0.316. The predicted octanol–water partition coefficient (Wildman–Crippen LogP) is 3.41. The van der Waals surface area contributed by atoms with Gasteiger partial charge in [-0.05, 0) is 24.1 Å². The fourth-order valence-corrected chi connectivity index (χ4v) is 2.43. The van der Waals surface area contributed by atoms with Crippen molar-refractivity contribution in [3.8, 4) is 0 Å². The lowest BCUT2D eigenvalue weighted by Gasteiger charge is -2.07. The van der Waals surface area contributed by atoms with Crippen LogP contribution >= 0.6 is 0 Å². The number of nitrogens with zero attached hydrogens (tertiary/aromatic N) is 1. The molecule has 25 heavy (non-hydrogen) atoms. The minimum Gasteiger partial charge on any atom is -0.352 e. The maximum atomic E-state index is 11.9. The molecule has 6 heteroatoms. The van der Waals surface area contributed by atoms with Crippen LogP contribution in [0.15, 0.2) is 48.5 Å². The minimum absolute atomic E-state index is 0.0622. The van der Waals surface area contributed by atoms with Crippen molar-refractivity contribution in [1.29, 1.82) is 0 Å². The Balaban J connectivity index is 1.86. The van der Waals surface area contributed by atoms with E-state index in [-0.39, 0.29) is 16.5 Å². The number of hydrogen-bond donors (Lipinski definition) is 2. The molecule has 2 aromatic rings. The van der Waals surface area contributed by atoms with Crippen LogP contribution in [0.2, 0.25) is 0 Å². The van der Waals surface area contributed by atoms with Gasteiger partial charge in [-0.15, -0.1) is 0 Å². The van der Waals surface area contributed by atoms with Crippen LogP contribution in [-0.4, -0.2) is 17.4 Å². The zero-order chi connectivity index (χ0) is 18.1. The fourth-order valence-electron chi connectivity index (χ4n) is 2.43. The molecule has 0 bridgehead atoms. The van der Waals surface area contributed by atoms with Gasteiger partial charge in [-0.1, -0.05) is 43.7 Å². The molecule has 0 spiro atoms. The normalized spacial score (nSPS) is 10.4. The highest BCUT2D eigenvalue weighted by atomic mass is 16.6. The maximum Gasteiger partial charge on any atom is 0.273 e. The van der Waals surface area contributed by atoms with E-state index in [2.05, 4.69) is 17.6 Å². The molecule has 132 valence electrons. The molecule has 0 aromatic heterocycles. The van der Waals surface area contributed by atoms with Gasteiger partial charge in [0, 0.05) is 36.8 Å². The van der Waals surface area contributed by atoms with Gasteiger partial charge in [-0.25, -0.2) is 0 Å². The van der Waals surface area contributed by atoms with Gasteiger partial charge in [-0.3, -0.25) is 14.9 Å². The van der Waals surface area contributed by atoms with Crippen molar-refractivity contribution in [2.24, 2.45) is 0 Å². The second-order valence-electron chi connectivity index (χ2n) is 5.80. The second-order valence-corrected chi connectivity index (χ2v) is 5.80. The van der Waals surface area contributed by atoms with Gasteiger partial charge in [0.15, 0.2) is 0 Å². The third kappa shape index (κ3) is 5.69.